The van der Waals surface area contributed by atoms with Gasteiger partial charge in [-0.2, -0.15) is 0 Å². The third-order valence-electron chi connectivity index (χ3n) is 8.94. The second kappa shape index (κ2) is 10.3. The highest BCUT2D eigenvalue weighted by Crippen LogP contribution is 2.60. The molecule has 0 radical (unpaired) electrons. The standard InChI is InChI=1S/C28H44O4/c1-17(2)8-11-23(27(31)32)19(4)24-12-13-25-20(7-6-14-28(24,25)5)9-10-21-15-22(29)16-26(30)18(21)3/h9-10,17,19,22-26,29-30H,3,6-8,11-16H2,1-2,4-5H3,(H,31,32)/b20-9+,21-10-/t19-,22-,23?,24-,25+,26+,28-/m1/s1. The fraction of sp³-hybridized carbons (Fsp3) is 0.750. The topological polar surface area (TPSA) is 77.8 Å². The van der Waals surface area contributed by atoms with Gasteiger partial charge in [-0.05, 0) is 85.2 Å². The van der Waals surface area contributed by atoms with E-state index in [0.717, 1.165) is 49.7 Å². The first-order valence-electron chi connectivity index (χ1n) is 12.7. The Labute approximate surface area is 194 Å². The van der Waals surface area contributed by atoms with Gasteiger partial charge in [0.05, 0.1) is 18.1 Å². The van der Waals surface area contributed by atoms with Gasteiger partial charge >= 0.3 is 5.97 Å². The van der Waals surface area contributed by atoms with Crippen molar-refractivity contribution in [1.82, 2.24) is 0 Å². The summed E-state index contributed by atoms with van der Waals surface area (Å²) in [6, 6.07) is 0. The second-order valence-electron chi connectivity index (χ2n) is 11.4. The molecule has 4 heteroatoms. The summed E-state index contributed by atoms with van der Waals surface area (Å²) in [5.74, 6) is 0.747. The number of aliphatic hydroxyl groups excluding tert-OH is 2. The number of aliphatic hydroxyl groups is 2. The molecule has 0 saturated heterocycles. The maximum absolute atomic E-state index is 12.1. The molecule has 32 heavy (non-hydrogen) atoms. The highest BCUT2D eigenvalue weighted by Gasteiger charge is 2.52. The van der Waals surface area contributed by atoms with Gasteiger partial charge in [0.15, 0.2) is 0 Å². The van der Waals surface area contributed by atoms with Crippen LogP contribution in [0.15, 0.2) is 35.5 Å². The number of carboxylic acids is 1. The average molecular weight is 445 g/mol. The predicted molar refractivity (Wildman–Crippen MR) is 129 cm³/mol. The fourth-order valence-corrected chi connectivity index (χ4v) is 7.01. The summed E-state index contributed by atoms with van der Waals surface area (Å²) in [5, 5.41) is 30.2. The van der Waals surface area contributed by atoms with E-state index < -0.39 is 18.2 Å². The van der Waals surface area contributed by atoms with Crippen LogP contribution in [0.4, 0.5) is 0 Å². The van der Waals surface area contributed by atoms with E-state index in [0.29, 0.717) is 30.6 Å². The van der Waals surface area contributed by atoms with E-state index in [1.165, 1.54) is 12.0 Å². The normalized spacial score (nSPS) is 37.7. The highest BCUT2D eigenvalue weighted by atomic mass is 16.4. The molecule has 3 aliphatic rings. The summed E-state index contributed by atoms with van der Waals surface area (Å²) in [4.78, 5) is 12.1. The number of hydrogen-bond donors (Lipinski definition) is 3. The number of carboxylic acid groups (broad SMARTS) is 1. The average Bonchev–Trinajstić information content (AvgIpc) is 3.06. The van der Waals surface area contributed by atoms with Gasteiger partial charge in [0.1, 0.15) is 0 Å². The van der Waals surface area contributed by atoms with Crippen molar-refractivity contribution in [1.29, 1.82) is 0 Å². The molecule has 0 heterocycles. The van der Waals surface area contributed by atoms with Crippen LogP contribution in [0, 0.1) is 35.0 Å². The molecule has 3 fully saturated rings. The third-order valence-corrected chi connectivity index (χ3v) is 8.94. The van der Waals surface area contributed by atoms with Crippen LogP contribution < -0.4 is 0 Å². The number of rotatable bonds is 7. The van der Waals surface area contributed by atoms with E-state index >= 15 is 0 Å². The van der Waals surface area contributed by atoms with Gasteiger partial charge in [-0.3, -0.25) is 4.79 Å². The van der Waals surface area contributed by atoms with Crippen molar-refractivity contribution in [2.24, 2.45) is 35.0 Å². The van der Waals surface area contributed by atoms with Crippen molar-refractivity contribution in [3.8, 4) is 0 Å². The molecule has 3 saturated carbocycles. The molecule has 4 nitrogen and oxygen atoms in total. The van der Waals surface area contributed by atoms with E-state index in [1.54, 1.807) is 0 Å². The lowest BCUT2D eigenvalue weighted by Crippen LogP contribution is -2.39. The molecule has 3 rings (SSSR count). The van der Waals surface area contributed by atoms with Crippen LogP contribution >= 0.6 is 0 Å². The lowest BCUT2D eigenvalue weighted by Gasteiger charge is -2.45. The van der Waals surface area contributed by atoms with Crippen LogP contribution in [0.2, 0.25) is 0 Å². The maximum Gasteiger partial charge on any atom is 0.306 e. The van der Waals surface area contributed by atoms with Crippen LogP contribution in [-0.2, 0) is 4.79 Å². The zero-order valence-corrected chi connectivity index (χ0v) is 20.5. The molecule has 0 aromatic rings. The molecule has 0 aromatic heterocycles. The van der Waals surface area contributed by atoms with Crippen LogP contribution in [0.1, 0.15) is 85.5 Å². The maximum atomic E-state index is 12.1. The molecule has 0 aromatic carbocycles. The van der Waals surface area contributed by atoms with Crippen LogP contribution in [0.3, 0.4) is 0 Å². The molecule has 1 unspecified atom stereocenters. The molecule has 180 valence electrons. The lowest BCUT2D eigenvalue weighted by molar-refractivity contribution is -0.145. The van der Waals surface area contributed by atoms with E-state index in [2.05, 4.69) is 46.4 Å². The molecule has 0 spiro atoms. The van der Waals surface area contributed by atoms with Crippen molar-refractivity contribution >= 4 is 5.97 Å². The summed E-state index contributed by atoms with van der Waals surface area (Å²) < 4.78 is 0. The molecule has 7 atom stereocenters. The minimum absolute atomic E-state index is 0.149. The smallest absolute Gasteiger partial charge is 0.306 e. The minimum Gasteiger partial charge on any atom is -0.481 e. The molecule has 0 bridgehead atoms. The van der Waals surface area contributed by atoms with Crippen molar-refractivity contribution in [3.63, 3.8) is 0 Å². The summed E-state index contributed by atoms with van der Waals surface area (Å²) in [6.07, 6.45) is 11.4. The Morgan fingerprint density at radius 3 is 2.56 bits per heavy atom. The molecule has 3 N–H and O–H groups in total. The first-order valence-corrected chi connectivity index (χ1v) is 12.7. The van der Waals surface area contributed by atoms with Gasteiger partial charge in [0.2, 0.25) is 0 Å². The Hall–Kier alpha value is -1.39. The molecule has 3 aliphatic carbocycles. The monoisotopic (exact) mass is 444 g/mol. The van der Waals surface area contributed by atoms with Crippen molar-refractivity contribution in [2.45, 2.75) is 97.7 Å². The second-order valence-corrected chi connectivity index (χ2v) is 11.4. The Kier molecular flexibility index (Phi) is 8.09. The van der Waals surface area contributed by atoms with Gasteiger partial charge < -0.3 is 15.3 Å². The van der Waals surface area contributed by atoms with Crippen molar-refractivity contribution in [2.75, 3.05) is 0 Å². The summed E-state index contributed by atoms with van der Waals surface area (Å²) >= 11 is 0. The van der Waals surface area contributed by atoms with E-state index in [1.807, 2.05) is 0 Å². The Morgan fingerprint density at radius 1 is 1.19 bits per heavy atom. The van der Waals surface area contributed by atoms with Crippen molar-refractivity contribution < 1.29 is 20.1 Å². The molecule has 0 amide bonds. The van der Waals surface area contributed by atoms with Gasteiger partial charge in [0, 0.05) is 6.42 Å². The number of carbonyl (C=O) groups is 1. The summed E-state index contributed by atoms with van der Waals surface area (Å²) in [7, 11) is 0. The van der Waals surface area contributed by atoms with Crippen LogP contribution in [0.5, 0.6) is 0 Å². The first kappa shape index (κ1) is 25.2. The third kappa shape index (κ3) is 5.22. The highest BCUT2D eigenvalue weighted by molar-refractivity contribution is 5.70. The minimum atomic E-state index is -0.657. The number of fused-ring (bicyclic) bond motifs is 1. The zero-order valence-electron chi connectivity index (χ0n) is 20.5. The van der Waals surface area contributed by atoms with Gasteiger partial charge in [0.25, 0.3) is 0 Å². The Balaban J connectivity index is 1.80. The Bertz CT molecular complexity index is 763. The largest absolute Gasteiger partial charge is 0.481 e. The lowest BCUT2D eigenvalue weighted by atomic mass is 9.59. The van der Waals surface area contributed by atoms with Crippen LogP contribution in [0.25, 0.3) is 0 Å². The van der Waals surface area contributed by atoms with E-state index in [9.17, 15) is 20.1 Å². The van der Waals surface area contributed by atoms with E-state index in [-0.39, 0.29) is 17.3 Å². The fourth-order valence-electron chi connectivity index (χ4n) is 7.01. The Morgan fingerprint density at radius 2 is 1.91 bits per heavy atom. The SMILES string of the molecule is C=C1/C(=C\C=C2/CCC[C@]3(C)[C@@H]([C@H](C)C(CCC(C)C)C(=O)O)CC[C@@H]23)C[C@@H](O)C[C@@H]1O. The van der Waals surface area contributed by atoms with Crippen molar-refractivity contribution in [3.05, 3.63) is 35.5 Å². The first-order chi connectivity index (χ1) is 15.0. The van der Waals surface area contributed by atoms with Crippen LogP contribution in [-0.4, -0.2) is 33.5 Å². The number of aliphatic carboxylic acids is 1. The van der Waals surface area contributed by atoms with Gasteiger partial charge in [-0.25, -0.2) is 0 Å². The summed E-state index contributed by atoms with van der Waals surface area (Å²) in [5.41, 5.74) is 3.30. The summed E-state index contributed by atoms with van der Waals surface area (Å²) in [6.45, 7) is 13.0. The molecular formula is C28H44O4. The van der Waals surface area contributed by atoms with Gasteiger partial charge in [-0.1, -0.05) is 58.4 Å². The number of hydrogen-bond acceptors (Lipinski definition) is 3. The molecular weight excluding hydrogens is 400 g/mol. The predicted octanol–water partition coefficient (Wildman–Crippen LogP) is 5.90. The quantitative estimate of drug-likeness (QED) is 0.457. The van der Waals surface area contributed by atoms with Gasteiger partial charge in [-0.15, -0.1) is 0 Å². The zero-order chi connectivity index (χ0) is 23.6. The van der Waals surface area contributed by atoms with E-state index in [4.69, 9.17) is 0 Å². The number of allylic oxidation sites excluding steroid dienone is 3. The molecule has 0 aliphatic heterocycles.